The first-order valence-electron chi connectivity index (χ1n) is 24.5. The number of unbranched alkanes of at least 4 members (excludes halogenated alkanes) is 26. The van der Waals surface area contributed by atoms with Crippen molar-refractivity contribution in [1.82, 2.24) is 0 Å². The van der Waals surface area contributed by atoms with Crippen LogP contribution in [0.1, 0.15) is 219 Å². The van der Waals surface area contributed by atoms with E-state index in [4.69, 9.17) is 18.9 Å². The topological polar surface area (TPSA) is 111 Å². The van der Waals surface area contributed by atoms with Crippen molar-refractivity contribution >= 4 is 17.9 Å². The molecular formula is C50H93NO8. The zero-order valence-electron chi connectivity index (χ0n) is 39.1. The van der Waals surface area contributed by atoms with Crippen LogP contribution in [0, 0.1) is 0 Å². The lowest BCUT2D eigenvalue weighted by atomic mass is 10.1. The fourth-order valence-corrected chi connectivity index (χ4v) is 6.82. The van der Waals surface area contributed by atoms with Gasteiger partial charge < -0.3 is 33.3 Å². The van der Waals surface area contributed by atoms with Gasteiger partial charge in [0.25, 0.3) is 0 Å². The monoisotopic (exact) mass is 836 g/mol. The smallest absolute Gasteiger partial charge is 0.306 e. The molecule has 346 valence electrons. The van der Waals surface area contributed by atoms with Gasteiger partial charge >= 0.3 is 11.9 Å². The van der Waals surface area contributed by atoms with Gasteiger partial charge in [0.1, 0.15) is 13.2 Å². The van der Waals surface area contributed by atoms with Crippen LogP contribution in [-0.2, 0) is 33.3 Å². The van der Waals surface area contributed by atoms with Gasteiger partial charge in [0.15, 0.2) is 12.4 Å². The first-order chi connectivity index (χ1) is 28.6. The first kappa shape index (κ1) is 56.8. The maximum Gasteiger partial charge on any atom is 0.306 e. The van der Waals surface area contributed by atoms with Crippen LogP contribution in [0.25, 0.3) is 0 Å². The number of ether oxygens (including phenoxy) is 4. The van der Waals surface area contributed by atoms with Crippen LogP contribution >= 0.6 is 0 Å². The Morgan fingerprint density at radius 3 is 1.25 bits per heavy atom. The highest BCUT2D eigenvalue weighted by Gasteiger charge is 2.21. The van der Waals surface area contributed by atoms with Crippen molar-refractivity contribution < 1.29 is 42.9 Å². The Labute approximate surface area is 363 Å². The number of hydrogen-bond acceptors (Lipinski definition) is 8. The molecule has 0 heterocycles. The van der Waals surface area contributed by atoms with Crippen LogP contribution in [-0.4, -0.2) is 82.3 Å². The van der Waals surface area contributed by atoms with E-state index in [0.29, 0.717) is 17.4 Å². The quantitative estimate of drug-likeness (QED) is 0.0196. The number of carbonyl (C=O) groups excluding carboxylic acids is 3. The van der Waals surface area contributed by atoms with Gasteiger partial charge in [0, 0.05) is 12.8 Å². The molecule has 0 N–H and O–H groups in total. The van der Waals surface area contributed by atoms with E-state index in [9.17, 15) is 19.5 Å². The van der Waals surface area contributed by atoms with E-state index in [2.05, 4.69) is 38.2 Å². The standard InChI is InChI=1S/C50H93NO8/c1-6-8-10-12-14-16-18-20-22-23-24-25-27-29-31-33-35-37-39-41-48(53)59-46(45-58-50(49(54)55)56-43-42-51(3,4)5)44-57-47(52)40-38-36-34-32-30-28-26-21-19-17-15-13-11-9-7-2/h20-22,26,46,50H,6-19,23-25,27-45H2,1-5H3/b22-20-,26-21-. The van der Waals surface area contributed by atoms with Crippen molar-refractivity contribution in [3.05, 3.63) is 24.3 Å². The van der Waals surface area contributed by atoms with Crippen LogP contribution < -0.4 is 5.11 Å². The van der Waals surface area contributed by atoms with Crippen molar-refractivity contribution in [2.45, 2.75) is 232 Å². The second-order valence-corrected chi connectivity index (χ2v) is 17.7. The van der Waals surface area contributed by atoms with Gasteiger partial charge in [-0.2, -0.15) is 0 Å². The van der Waals surface area contributed by atoms with E-state index in [1.165, 1.54) is 128 Å². The van der Waals surface area contributed by atoms with Crippen molar-refractivity contribution in [2.75, 3.05) is 47.5 Å². The maximum atomic E-state index is 12.8. The Bertz CT molecular complexity index is 1020. The highest BCUT2D eigenvalue weighted by Crippen LogP contribution is 2.15. The molecule has 0 saturated carbocycles. The summed E-state index contributed by atoms with van der Waals surface area (Å²) in [6.45, 7) is 4.74. The SMILES string of the molecule is CCCCCCCC/C=C\CCCCCCCCCCCC(=O)OC(COC(=O)CCCCCCC/C=C\CCCCCCCC)COC(OCC[N+](C)(C)C)C(=O)[O-]. The minimum absolute atomic E-state index is 0.147. The van der Waals surface area contributed by atoms with E-state index in [0.717, 1.165) is 57.8 Å². The predicted molar refractivity (Wildman–Crippen MR) is 242 cm³/mol. The molecule has 2 atom stereocenters. The van der Waals surface area contributed by atoms with E-state index >= 15 is 0 Å². The molecule has 0 aliphatic rings. The molecule has 0 aromatic heterocycles. The molecule has 9 heteroatoms. The number of esters is 2. The Kier molecular flexibility index (Phi) is 40.9. The number of aliphatic carboxylic acids is 1. The highest BCUT2D eigenvalue weighted by molar-refractivity contribution is 5.70. The summed E-state index contributed by atoms with van der Waals surface area (Å²) in [7, 11) is 5.91. The summed E-state index contributed by atoms with van der Waals surface area (Å²) in [6, 6.07) is 0. The summed E-state index contributed by atoms with van der Waals surface area (Å²) in [6.07, 6.45) is 43.5. The molecule has 0 spiro atoms. The summed E-state index contributed by atoms with van der Waals surface area (Å²) in [5.41, 5.74) is 0. The lowest BCUT2D eigenvalue weighted by molar-refractivity contribution is -0.870. The van der Waals surface area contributed by atoms with Gasteiger partial charge in [-0.05, 0) is 64.2 Å². The molecule has 0 aromatic carbocycles. The number of quaternary nitrogens is 1. The summed E-state index contributed by atoms with van der Waals surface area (Å²) >= 11 is 0. The van der Waals surface area contributed by atoms with Crippen molar-refractivity contribution in [1.29, 1.82) is 0 Å². The normalized spacial score (nSPS) is 13.0. The van der Waals surface area contributed by atoms with Gasteiger partial charge in [-0.3, -0.25) is 9.59 Å². The molecule has 0 rings (SSSR count). The molecule has 0 aliphatic carbocycles. The lowest BCUT2D eigenvalue weighted by Gasteiger charge is -2.26. The number of allylic oxidation sites excluding steroid dienone is 4. The number of rotatable bonds is 45. The van der Waals surface area contributed by atoms with Crippen LogP contribution in [0.15, 0.2) is 24.3 Å². The Morgan fingerprint density at radius 2 is 0.864 bits per heavy atom. The third-order valence-electron chi connectivity index (χ3n) is 10.7. The number of carboxylic acid groups (broad SMARTS) is 1. The molecule has 0 amide bonds. The van der Waals surface area contributed by atoms with Crippen molar-refractivity contribution in [2.24, 2.45) is 0 Å². The van der Waals surface area contributed by atoms with E-state index in [1.807, 2.05) is 21.1 Å². The Morgan fingerprint density at radius 1 is 0.492 bits per heavy atom. The maximum absolute atomic E-state index is 12.8. The van der Waals surface area contributed by atoms with Crippen LogP contribution in [0.3, 0.4) is 0 Å². The number of likely N-dealkylation sites (N-methyl/N-ethyl adjacent to an activating group) is 1. The fourth-order valence-electron chi connectivity index (χ4n) is 6.82. The second kappa shape index (κ2) is 42.5. The number of hydrogen-bond donors (Lipinski definition) is 0. The van der Waals surface area contributed by atoms with Crippen LogP contribution in [0.2, 0.25) is 0 Å². The molecule has 0 aliphatic heterocycles. The third-order valence-corrected chi connectivity index (χ3v) is 10.7. The molecule has 0 radical (unpaired) electrons. The minimum atomic E-state index is -1.62. The highest BCUT2D eigenvalue weighted by atomic mass is 16.7. The number of nitrogens with zero attached hydrogens (tertiary/aromatic N) is 1. The molecule has 0 saturated heterocycles. The summed E-state index contributed by atoms with van der Waals surface area (Å²) < 4.78 is 22.6. The molecule has 0 aromatic rings. The summed E-state index contributed by atoms with van der Waals surface area (Å²) in [4.78, 5) is 37.1. The minimum Gasteiger partial charge on any atom is -0.545 e. The van der Waals surface area contributed by atoms with E-state index in [1.54, 1.807) is 0 Å². The Hall–Kier alpha value is -2.23. The number of carbonyl (C=O) groups is 3. The zero-order chi connectivity index (χ0) is 43.5. The summed E-state index contributed by atoms with van der Waals surface area (Å²) in [5.74, 6) is -2.29. The molecule has 2 unspecified atom stereocenters. The van der Waals surface area contributed by atoms with Crippen molar-refractivity contribution in [3.8, 4) is 0 Å². The Balaban J connectivity index is 4.37. The number of carboxylic acids is 1. The van der Waals surface area contributed by atoms with Gasteiger partial charge in [0.2, 0.25) is 0 Å². The molecular weight excluding hydrogens is 743 g/mol. The van der Waals surface area contributed by atoms with E-state index in [-0.39, 0.29) is 38.6 Å². The zero-order valence-corrected chi connectivity index (χ0v) is 39.1. The molecule has 0 bridgehead atoms. The first-order valence-corrected chi connectivity index (χ1v) is 24.5. The van der Waals surface area contributed by atoms with Gasteiger partial charge in [-0.15, -0.1) is 0 Å². The van der Waals surface area contributed by atoms with E-state index < -0.39 is 24.3 Å². The van der Waals surface area contributed by atoms with Crippen molar-refractivity contribution in [3.63, 3.8) is 0 Å². The van der Waals surface area contributed by atoms with Crippen LogP contribution in [0.5, 0.6) is 0 Å². The lowest BCUT2D eigenvalue weighted by Crippen LogP contribution is -2.44. The molecule has 0 fully saturated rings. The second-order valence-electron chi connectivity index (χ2n) is 17.7. The van der Waals surface area contributed by atoms with Gasteiger partial charge in [0.05, 0.1) is 40.3 Å². The third kappa shape index (κ3) is 43.7. The average molecular weight is 836 g/mol. The largest absolute Gasteiger partial charge is 0.545 e. The fraction of sp³-hybridized carbons (Fsp3) is 0.860. The van der Waals surface area contributed by atoms with Gasteiger partial charge in [-0.25, -0.2) is 0 Å². The van der Waals surface area contributed by atoms with Crippen LogP contribution in [0.4, 0.5) is 0 Å². The summed E-state index contributed by atoms with van der Waals surface area (Å²) in [5, 5.41) is 11.7. The molecule has 59 heavy (non-hydrogen) atoms. The van der Waals surface area contributed by atoms with Gasteiger partial charge in [-0.1, -0.05) is 167 Å². The predicted octanol–water partition coefficient (Wildman–Crippen LogP) is 11.9. The average Bonchev–Trinajstić information content (AvgIpc) is 3.19. The molecule has 9 nitrogen and oxygen atoms in total.